The van der Waals surface area contributed by atoms with Crippen molar-refractivity contribution in [2.45, 2.75) is 19.1 Å². The molecule has 1 atom stereocenters. The van der Waals surface area contributed by atoms with Crippen LogP contribution in [0.1, 0.15) is 21.7 Å². The molecular weight excluding hydrogens is 434 g/mol. The van der Waals surface area contributed by atoms with Crippen LogP contribution in [0.5, 0.6) is 5.75 Å². The molecule has 7 heteroatoms. The first kappa shape index (κ1) is 23.1. The lowest BCUT2D eigenvalue weighted by atomic mass is 10.00. The van der Waals surface area contributed by atoms with Gasteiger partial charge in [-0.2, -0.15) is 0 Å². The molecule has 0 saturated heterocycles. The van der Waals surface area contributed by atoms with Crippen molar-refractivity contribution < 1.29 is 28.6 Å². The summed E-state index contributed by atoms with van der Waals surface area (Å²) >= 11 is 0. The fraction of sp³-hybridized carbons (Fsp3) is 0.185. The van der Waals surface area contributed by atoms with Crippen LogP contribution in [-0.4, -0.2) is 37.2 Å². The van der Waals surface area contributed by atoms with E-state index >= 15 is 0 Å². The third-order valence-corrected chi connectivity index (χ3v) is 5.54. The number of ether oxygens (including phenoxy) is 2. The molecule has 2 N–H and O–H groups in total. The molecule has 0 bridgehead atoms. The lowest BCUT2D eigenvalue weighted by Gasteiger charge is -2.14. The second-order valence-corrected chi connectivity index (χ2v) is 7.91. The van der Waals surface area contributed by atoms with Gasteiger partial charge < -0.3 is 24.3 Å². The van der Waals surface area contributed by atoms with Crippen molar-refractivity contribution in [2.24, 2.45) is 0 Å². The minimum atomic E-state index is -1.12. The van der Waals surface area contributed by atoms with E-state index in [0.717, 1.165) is 22.3 Å². The monoisotopic (exact) mass is 459 g/mol. The van der Waals surface area contributed by atoms with Crippen LogP contribution < -0.4 is 10.1 Å². The summed E-state index contributed by atoms with van der Waals surface area (Å²) in [5.41, 5.74) is 4.47. The summed E-state index contributed by atoms with van der Waals surface area (Å²) < 4.78 is 15.9. The number of methoxy groups -OCH3 is 2. The van der Waals surface area contributed by atoms with Crippen LogP contribution in [0.15, 0.2) is 77.2 Å². The zero-order valence-electron chi connectivity index (χ0n) is 18.9. The maximum Gasteiger partial charge on any atom is 0.326 e. The highest BCUT2D eigenvalue weighted by molar-refractivity contribution is 5.98. The predicted molar refractivity (Wildman–Crippen MR) is 128 cm³/mol. The fourth-order valence-electron chi connectivity index (χ4n) is 3.72. The molecular formula is C27H25NO6. The number of fused-ring (bicyclic) bond motifs is 1. The van der Waals surface area contributed by atoms with Crippen LogP contribution >= 0.6 is 0 Å². The van der Waals surface area contributed by atoms with Crippen molar-refractivity contribution in [3.8, 4) is 16.9 Å². The molecule has 0 fully saturated rings. The Morgan fingerprint density at radius 1 is 0.912 bits per heavy atom. The second-order valence-electron chi connectivity index (χ2n) is 7.91. The first-order chi connectivity index (χ1) is 16.5. The van der Waals surface area contributed by atoms with Crippen molar-refractivity contribution in [2.75, 3.05) is 14.2 Å². The lowest BCUT2D eigenvalue weighted by Crippen LogP contribution is -2.42. The van der Waals surface area contributed by atoms with E-state index in [2.05, 4.69) is 5.32 Å². The predicted octanol–water partition coefficient (Wildman–Crippen LogP) is 4.68. The zero-order valence-corrected chi connectivity index (χ0v) is 18.9. The van der Waals surface area contributed by atoms with Crippen LogP contribution in [0.25, 0.3) is 22.1 Å². The molecule has 0 radical (unpaired) electrons. The average Bonchev–Trinajstić information content (AvgIpc) is 3.28. The summed E-state index contributed by atoms with van der Waals surface area (Å²) in [6.45, 7) is 0.559. The number of amides is 1. The average molecular weight is 459 g/mol. The SMILES string of the molecule is COCc1ccc(-c2ccc(CC(NC(=O)c3cc4cc(OC)ccc4o3)C(=O)O)cc2)cc1. The van der Waals surface area contributed by atoms with Crippen molar-refractivity contribution >= 4 is 22.8 Å². The first-order valence-corrected chi connectivity index (χ1v) is 10.8. The molecule has 7 nitrogen and oxygen atoms in total. The van der Waals surface area contributed by atoms with E-state index in [1.807, 2.05) is 48.5 Å². The summed E-state index contributed by atoms with van der Waals surface area (Å²) in [7, 11) is 3.21. The number of nitrogens with one attached hydrogen (secondary N) is 1. The number of carboxylic acids is 1. The normalized spacial score (nSPS) is 11.8. The summed E-state index contributed by atoms with van der Waals surface area (Å²) in [6, 6.07) is 21.3. The highest BCUT2D eigenvalue weighted by Crippen LogP contribution is 2.25. The third kappa shape index (κ3) is 5.27. The van der Waals surface area contributed by atoms with Gasteiger partial charge in [-0.1, -0.05) is 48.5 Å². The maximum absolute atomic E-state index is 12.7. The van der Waals surface area contributed by atoms with Gasteiger partial charge in [0.25, 0.3) is 5.91 Å². The van der Waals surface area contributed by atoms with Crippen molar-refractivity contribution in [1.29, 1.82) is 0 Å². The zero-order chi connectivity index (χ0) is 24.1. The number of hydrogen-bond acceptors (Lipinski definition) is 5. The summed E-state index contributed by atoms with van der Waals surface area (Å²) in [5.74, 6) is -1.03. The topological polar surface area (TPSA) is 98.0 Å². The van der Waals surface area contributed by atoms with Gasteiger partial charge in [0.05, 0.1) is 13.7 Å². The van der Waals surface area contributed by atoms with Crippen LogP contribution in [0.3, 0.4) is 0 Å². The van der Waals surface area contributed by atoms with E-state index in [1.54, 1.807) is 38.5 Å². The van der Waals surface area contributed by atoms with Gasteiger partial charge in [0.2, 0.25) is 0 Å². The highest BCUT2D eigenvalue weighted by atomic mass is 16.5. The molecule has 0 aliphatic rings. The molecule has 1 aromatic heterocycles. The number of hydrogen-bond donors (Lipinski definition) is 2. The van der Waals surface area contributed by atoms with Crippen LogP contribution in [0.4, 0.5) is 0 Å². The van der Waals surface area contributed by atoms with Crippen LogP contribution in [-0.2, 0) is 22.6 Å². The van der Waals surface area contributed by atoms with E-state index in [1.165, 1.54) is 0 Å². The molecule has 0 aliphatic carbocycles. The Kier molecular flexibility index (Phi) is 6.94. The first-order valence-electron chi connectivity index (χ1n) is 10.8. The number of carbonyl (C=O) groups is 2. The Morgan fingerprint density at radius 3 is 2.15 bits per heavy atom. The Balaban J connectivity index is 1.44. The largest absolute Gasteiger partial charge is 0.497 e. The summed E-state index contributed by atoms with van der Waals surface area (Å²) in [4.78, 5) is 24.5. The maximum atomic E-state index is 12.7. The fourth-order valence-corrected chi connectivity index (χ4v) is 3.72. The van der Waals surface area contributed by atoms with Crippen molar-refractivity contribution in [1.82, 2.24) is 5.32 Å². The molecule has 3 aromatic carbocycles. The van der Waals surface area contributed by atoms with E-state index in [9.17, 15) is 14.7 Å². The van der Waals surface area contributed by atoms with Gasteiger partial charge in [-0.25, -0.2) is 4.79 Å². The minimum absolute atomic E-state index is 0.0433. The number of furan rings is 1. The molecule has 34 heavy (non-hydrogen) atoms. The van der Waals surface area contributed by atoms with Crippen LogP contribution in [0.2, 0.25) is 0 Å². The summed E-state index contributed by atoms with van der Waals surface area (Å²) in [6.07, 6.45) is 0.141. The molecule has 4 rings (SSSR count). The molecule has 174 valence electrons. The quantitative estimate of drug-likeness (QED) is 0.377. The van der Waals surface area contributed by atoms with Crippen molar-refractivity contribution in [3.63, 3.8) is 0 Å². The van der Waals surface area contributed by atoms with Crippen molar-refractivity contribution in [3.05, 3.63) is 89.7 Å². The van der Waals surface area contributed by atoms with Gasteiger partial charge in [-0.3, -0.25) is 4.79 Å². The number of carbonyl (C=O) groups excluding carboxylic acids is 1. The highest BCUT2D eigenvalue weighted by Gasteiger charge is 2.23. The van der Waals surface area contributed by atoms with Crippen LogP contribution in [0, 0.1) is 0 Å². The molecule has 1 heterocycles. The van der Waals surface area contributed by atoms with Gasteiger partial charge >= 0.3 is 5.97 Å². The number of rotatable bonds is 9. The minimum Gasteiger partial charge on any atom is -0.497 e. The molecule has 0 aliphatic heterocycles. The van der Waals surface area contributed by atoms with Gasteiger partial charge in [0.1, 0.15) is 17.4 Å². The molecule has 0 saturated carbocycles. The van der Waals surface area contributed by atoms with E-state index in [-0.39, 0.29) is 12.2 Å². The number of carboxylic acid groups (broad SMARTS) is 1. The van der Waals surface area contributed by atoms with E-state index in [0.29, 0.717) is 23.3 Å². The second kappa shape index (κ2) is 10.2. The Hall–Kier alpha value is -4.10. The van der Waals surface area contributed by atoms with Gasteiger partial charge in [-0.05, 0) is 46.5 Å². The Labute approximate surface area is 196 Å². The third-order valence-electron chi connectivity index (χ3n) is 5.54. The lowest BCUT2D eigenvalue weighted by molar-refractivity contribution is -0.139. The Morgan fingerprint density at radius 2 is 1.56 bits per heavy atom. The van der Waals surface area contributed by atoms with E-state index < -0.39 is 17.9 Å². The van der Waals surface area contributed by atoms with E-state index in [4.69, 9.17) is 13.9 Å². The molecule has 0 spiro atoms. The van der Waals surface area contributed by atoms with Gasteiger partial charge in [0, 0.05) is 18.9 Å². The van der Waals surface area contributed by atoms with Gasteiger partial charge in [-0.15, -0.1) is 0 Å². The standard InChI is InChI=1S/C27H25NO6/c1-32-16-18-5-9-20(10-6-18)19-7-3-17(4-8-19)13-23(27(30)31)28-26(29)25-15-21-14-22(33-2)11-12-24(21)34-25/h3-12,14-15,23H,13,16H2,1-2H3,(H,28,29)(H,30,31). The molecule has 4 aromatic rings. The molecule has 1 amide bonds. The Bertz CT molecular complexity index is 1290. The summed E-state index contributed by atoms with van der Waals surface area (Å²) in [5, 5.41) is 12.9. The number of benzene rings is 3. The smallest absolute Gasteiger partial charge is 0.326 e. The molecule has 1 unspecified atom stereocenters. The number of aliphatic carboxylic acids is 1. The van der Waals surface area contributed by atoms with Gasteiger partial charge in [0.15, 0.2) is 5.76 Å².